The standard InChI is InChI=1S/C24H27IO3/c1-7-19(13-16-22(27)10-4)24(25,18(6)12-15-21(26)9-3)20(8-2)14-17-23(28)11-5/h7-17,26-28H,1-5H2,6H3/b18-12+,19-13+,20-14+,21-15+,22-16+,23-17+. The maximum atomic E-state index is 9.72. The maximum absolute atomic E-state index is 9.72. The van der Waals surface area contributed by atoms with Gasteiger partial charge in [-0.1, -0.05) is 85.9 Å². The number of rotatable bonds is 11. The van der Waals surface area contributed by atoms with Crippen molar-refractivity contribution < 1.29 is 15.3 Å². The van der Waals surface area contributed by atoms with E-state index in [2.05, 4.69) is 55.5 Å². The van der Waals surface area contributed by atoms with Crippen molar-refractivity contribution in [1.82, 2.24) is 0 Å². The first-order chi connectivity index (χ1) is 13.2. The predicted octanol–water partition coefficient (Wildman–Crippen LogP) is 7.22. The summed E-state index contributed by atoms with van der Waals surface area (Å²) >= 11 is 2.24. The van der Waals surface area contributed by atoms with Gasteiger partial charge in [-0.2, -0.15) is 0 Å². The van der Waals surface area contributed by atoms with E-state index in [1.54, 1.807) is 30.4 Å². The molecule has 0 unspecified atom stereocenters. The number of aliphatic hydroxyl groups excluding tert-OH is 3. The Bertz CT molecular complexity index is 769. The van der Waals surface area contributed by atoms with Gasteiger partial charge in [-0.25, -0.2) is 0 Å². The van der Waals surface area contributed by atoms with E-state index in [1.165, 1.54) is 36.5 Å². The molecule has 4 heteroatoms. The summed E-state index contributed by atoms with van der Waals surface area (Å²) in [5, 5.41) is 29.1. The molecule has 0 amide bonds. The van der Waals surface area contributed by atoms with Crippen LogP contribution in [-0.2, 0) is 0 Å². The lowest BCUT2D eigenvalue weighted by Gasteiger charge is -2.32. The topological polar surface area (TPSA) is 60.7 Å². The molecule has 3 nitrogen and oxygen atoms in total. The van der Waals surface area contributed by atoms with Crippen molar-refractivity contribution in [2.75, 3.05) is 0 Å². The highest BCUT2D eigenvalue weighted by atomic mass is 127. The first kappa shape index (κ1) is 25.3. The lowest BCUT2D eigenvalue weighted by atomic mass is 9.83. The van der Waals surface area contributed by atoms with Crippen molar-refractivity contribution in [3.05, 3.63) is 134 Å². The van der Waals surface area contributed by atoms with Gasteiger partial charge in [-0.05, 0) is 60.1 Å². The summed E-state index contributed by atoms with van der Waals surface area (Å²) in [7, 11) is 0. The molecule has 0 radical (unpaired) electrons. The second-order valence-electron chi connectivity index (χ2n) is 5.55. The van der Waals surface area contributed by atoms with E-state index < -0.39 is 3.42 Å². The molecule has 3 N–H and O–H groups in total. The number of halogens is 1. The Morgan fingerprint density at radius 2 is 0.929 bits per heavy atom. The third kappa shape index (κ3) is 7.12. The van der Waals surface area contributed by atoms with Crippen LogP contribution >= 0.6 is 22.6 Å². The van der Waals surface area contributed by atoms with Crippen molar-refractivity contribution in [3.8, 4) is 0 Å². The van der Waals surface area contributed by atoms with Crippen molar-refractivity contribution in [2.24, 2.45) is 0 Å². The maximum Gasteiger partial charge on any atom is 0.114 e. The van der Waals surface area contributed by atoms with Crippen LogP contribution in [-0.4, -0.2) is 18.7 Å². The van der Waals surface area contributed by atoms with Gasteiger partial charge in [-0.3, -0.25) is 0 Å². The van der Waals surface area contributed by atoms with E-state index in [1.807, 2.05) is 6.92 Å². The molecule has 28 heavy (non-hydrogen) atoms. The minimum absolute atomic E-state index is 0.0114. The van der Waals surface area contributed by atoms with Crippen molar-refractivity contribution in [2.45, 2.75) is 10.3 Å². The van der Waals surface area contributed by atoms with Crippen LogP contribution in [0.3, 0.4) is 0 Å². The van der Waals surface area contributed by atoms with Crippen LogP contribution in [0.4, 0.5) is 0 Å². The third-order valence-corrected chi connectivity index (χ3v) is 5.87. The van der Waals surface area contributed by atoms with Crippen molar-refractivity contribution in [3.63, 3.8) is 0 Å². The summed E-state index contributed by atoms with van der Waals surface area (Å²) in [6, 6.07) is 0. The minimum atomic E-state index is -0.755. The number of hydrogen-bond donors (Lipinski definition) is 3. The minimum Gasteiger partial charge on any atom is -0.508 e. The van der Waals surface area contributed by atoms with Gasteiger partial charge in [-0.15, -0.1) is 0 Å². The summed E-state index contributed by atoms with van der Waals surface area (Å²) in [6.45, 7) is 20.3. The summed E-state index contributed by atoms with van der Waals surface area (Å²) in [5.74, 6) is 0.0503. The molecular weight excluding hydrogens is 463 g/mol. The molecule has 0 aromatic rings. The first-order valence-corrected chi connectivity index (χ1v) is 9.41. The normalized spacial score (nSPS) is 15.1. The third-order valence-electron chi connectivity index (χ3n) is 3.78. The number of aliphatic hydroxyl groups is 3. The molecule has 0 bridgehead atoms. The second-order valence-corrected chi connectivity index (χ2v) is 7.17. The Kier molecular flexibility index (Phi) is 11.4. The van der Waals surface area contributed by atoms with E-state index >= 15 is 0 Å². The van der Waals surface area contributed by atoms with Gasteiger partial charge in [0.2, 0.25) is 0 Å². The molecule has 0 aliphatic heterocycles. The highest BCUT2D eigenvalue weighted by Crippen LogP contribution is 2.44. The molecule has 0 heterocycles. The van der Waals surface area contributed by atoms with Crippen molar-refractivity contribution >= 4 is 22.6 Å². The summed E-state index contributed by atoms with van der Waals surface area (Å²) in [4.78, 5) is 0. The van der Waals surface area contributed by atoms with Gasteiger partial charge in [0.05, 0.1) is 3.42 Å². The fourth-order valence-corrected chi connectivity index (χ4v) is 3.13. The molecule has 0 aromatic heterocycles. The zero-order chi connectivity index (χ0) is 21.7. The van der Waals surface area contributed by atoms with Crippen molar-refractivity contribution in [1.29, 1.82) is 0 Å². The Morgan fingerprint density at radius 3 is 1.21 bits per heavy atom. The lowest BCUT2D eigenvalue weighted by Crippen LogP contribution is -2.26. The van der Waals surface area contributed by atoms with Crippen LogP contribution in [0.1, 0.15) is 6.92 Å². The second kappa shape index (κ2) is 12.6. The molecule has 0 fully saturated rings. The fraction of sp³-hybridized carbons (Fsp3) is 0.0833. The van der Waals surface area contributed by atoms with Gasteiger partial charge in [0.25, 0.3) is 0 Å². The Morgan fingerprint density at radius 1 is 0.607 bits per heavy atom. The molecule has 0 saturated carbocycles. The summed E-state index contributed by atoms with van der Waals surface area (Å²) in [6.07, 6.45) is 17.1. The lowest BCUT2D eigenvalue weighted by molar-refractivity contribution is 0.432. The van der Waals surface area contributed by atoms with Gasteiger partial charge in [0.1, 0.15) is 17.3 Å². The molecule has 0 spiro atoms. The molecule has 0 aliphatic rings. The number of allylic oxidation sites excluding steroid dienone is 14. The van der Waals surface area contributed by atoms with Crippen LogP contribution in [0.5, 0.6) is 0 Å². The Labute approximate surface area is 181 Å². The average Bonchev–Trinajstić information content (AvgIpc) is 2.71. The molecular formula is C24H27IO3. The Balaban J connectivity index is 6.86. The zero-order valence-corrected chi connectivity index (χ0v) is 18.3. The van der Waals surface area contributed by atoms with E-state index in [-0.39, 0.29) is 17.3 Å². The van der Waals surface area contributed by atoms with E-state index in [0.29, 0.717) is 0 Å². The summed E-state index contributed by atoms with van der Waals surface area (Å²) in [5.41, 5.74) is 2.34. The van der Waals surface area contributed by atoms with Gasteiger partial charge in [0, 0.05) is 0 Å². The van der Waals surface area contributed by atoms with Crippen LogP contribution < -0.4 is 0 Å². The number of alkyl halides is 1. The molecule has 148 valence electrons. The predicted molar refractivity (Wildman–Crippen MR) is 130 cm³/mol. The van der Waals surface area contributed by atoms with Gasteiger partial charge in [0.15, 0.2) is 0 Å². The monoisotopic (exact) mass is 490 g/mol. The highest BCUT2D eigenvalue weighted by molar-refractivity contribution is 14.1. The van der Waals surface area contributed by atoms with Gasteiger partial charge < -0.3 is 15.3 Å². The molecule has 0 rings (SSSR count). The zero-order valence-electron chi connectivity index (χ0n) is 16.1. The SMILES string of the molecule is C=C/C(O)=C\C=C(/C)C(I)(/C(C=C)=C/C=C(/O)C=C)/C(C=C)=C/C=C(/O)C=C. The smallest absolute Gasteiger partial charge is 0.114 e. The molecule has 0 atom stereocenters. The highest BCUT2D eigenvalue weighted by Gasteiger charge is 2.34. The molecule has 0 aromatic carbocycles. The van der Waals surface area contributed by atoms with Crippen LogP contribution in [0.15, 0.2) is 134 Å². The van der Waals surface area contributed by atoms with E-state index in [9.17, 15) is 15.3 Å². The quantitative estimate of drug-likeness (QED) is 0.124. The van der Waals surface area contributed by atoms with Crippen LogP contribution in [0.2, 0.25) is 0 Å². The average molecular weight is 490 g/mol. The fourth-order valence-electron chi connectivity index (χ4n) is 2.15. The molecule has 0 saturated heterocycles. The Hall–Kier alpha value is -2.73. The largest absolute Gasteiger partial charge is 0.508 e. The van der Waals surface area contributed by atoms with E-state index in [4.69, 9.17) is 0 Å². The number of hydrogen-bond acceptors (Lipinski definition) is 3. The first-order valence-electron chi connectivity index (χ1n) is 8.33. The van der Waals surface area contributed by atoms with Gasteiger partial charge >= 0.3 is 0 Å². The van der Waals surface area contributed by atoms with Crippen LogP contribution in [0, 0.1) is 0 Å². The molecule has 0 aliphatic carbocycles. The van der Waals surface area contributed by atoms with Crippen LogP contribution in [0.25, 0.3) is 0 Å². The summed E-state index contributed by atoms with van der Waals surface area (Å²) < 4.78 is -0.755. The van der Waals surface area contributed by atoms with E-state index in [0.717, 1.165) is 16.7 Å².